The lowest BCUT2D eigenvalue weighted by Gasteiger charge is -2.32. The summed E-state index contributed by atoms with van der Waals surface area (Å²) >= 11 is 0. The van der Waals surface area contributed by atoms with E-state index in [1.165, 1.54) is 4.31 Å². The summed E-state index contributed by atoms with van der Waals surface area (Å²) in [5, 5.41) is 5.53. The smallest absolute Gasteiger partial charge is 0.243 e. The van der Waals surface area contributed by atoms with Gasteiger partial charge in [0, 0.05) is 31.7 Å². The minimum Gasteiger partial charge on any atom is -0.359 e. The van der Waals surface area contributed by atoms with E-state index in [0.717, 1.165) is 27.8 Å². The van der Waals surface area contributed by atoms with Crippen LogP contribution in [0.25, 0.3) is 0 Å². The number of likely N-dealkylation sites (N-methyl/N-ethyl adjacent to an activating group) is 1. The summed E-state index contributed by atoms with van der Waals surface area (Å²) in [6.45, 7) is 8.16. The maximum Gasteiger partial charge on any atom is 0.243 e. The van der Waals surface area contributed by atoms with E-state index in [4.69, 9.17) is 0 Å². The Balaban J connectivity index is 1.71. The van der Waals surface area contributed by atoms with Crippen LogP contribution in [0.15, 0.2) is 35.2 Å². The van der Waals surface area contributed by atoms with Gasteiger partial charge in [0.05, 0.1) is 11.3 Å². The topological polar surface area (TPSA) is 95.6 Å². The van der Waals surface area contributed by atoms with Crippen LogP contribution in [0, 0.1) is 33.6 Å². The number of aryl methyl sites for hydroxylation is 2. The highest BCUT2D eigenvalue weighted by Crippen LogP contribution is 2.31. The summed E-state index contributed by atoms with van der Waals surface area (Å²) < 4.78 is 28.4. The zero-order chi connectivity index (χ0) is 24.3. The number of para-hydroxylation sites is 1. The molecule has 0 saturated carbocycles. The zero-order valence-corrected chi connectivity index (χ0v) is 20.8. The molecule has 0 spiro atoms. The number of anilines is 1. The molecular weight excluding hydrogens is 438 g/mol. The Labute approximate surface area is 196 Å². The second kappa shape index (κ2) is 10.1. The molecule has 1 fully saturated rings. The first-order valence-corrected chi connectivity index (χ1v) is 12.7. The molecule has 2 aromatic carbocycles. The predicted octanol–water partition coefficient (Wildman–Crippen LogP) is 3.25. The Bertz CT molecular complexity index is 1140. The first kappa shape index (κ1) is 24.9. The number of amides is 2. The van der Waals surface area contributed by atoms with Gasteiger partial charge in [-0.3, -0.25) is 9.59 Å². The van der Waals surface area contributed by atoms with Gasteiger partial charge in [-0.25, -0.2) is 8.42 Å². The van der Waals surface area contributed by atoms with Gasteiger partial charge in [-0.05, 0) is 74.4 Å². The molecule has 0 aromatic heterocycles. The summed E-state index contributed by atoms with van der Waals surface area (Å²) in [7, 11) is -2.07. The highest BCUT2D eigenvalue weighted by Gasteiger charge is 2.34. The molecule has 0 aliphatic carbocycles. The Morgan fingerprint density at radius 1 is 1.00 bits per heavy atom. The first-order valence-electron chi connectivity index (χ1n) is 11.2. The van der Waals surface area contributed by atoms with Crippen molar-refractivity contribution >= 4 is 27.5 Å². The minimum atomic E-state index is -3.64. The average molecular weight is 472 g/mol. The molecule has 1 saturated heterocycles. The van der Waals surface area contributed by atoms with Crippen molar-refractivity contribution < 1.29 is 18.0 Å². The first-order chi connectivity index (χ1) is 15.6. The second-order valence-electron chi connectivity index (χ2n) is 8.76. The largest absolute Gasteiger partial charge is 0.359 e. The van der Waals surface area contributed by atoms with E-state index in [-0.39, 0.29) is 24.2 Å². The number of rotatable bonds is 6. The molecule has 0 radical (unpaired) electrons. The Morgan fingerprint density at radius 3 is 2.15 bits per heavy atom. The predicted molar refractivity (Wildman–Crippen MR) is 130 cm³/mol. The normalized spacial score (nSPS) is 15.3. The van der Waals surface area contributed by atoms with Crippen molar-refractivity contribution in [2.75, 3.05) is 25.5 Å². The van der Waals surface area contributed by atoms with Crippen molar-refractivity contribution in [2.24, 2.45) is 5.92 Å². The van der Waals surface area contributed by atoms with Crippen molar-refractivity contribution in [1.29, 1.82) is 0 Å². The molecule has 1 heterocycles. The molecule has 0 atom stereocenters. The lowest BCUT2D eigenvalue weighted by molar-refractivity contribution is -0.121. The number of nitrogens with one attached hydrogen (secondary N) is 2. The minimum absolute atomic E-state index is 0.132. The van der Waals surface area contributed by atoms with E-state index in [0.29, 0.717) is 36.5 Å². The molecule has 8 heteroatoms. The van der Waals surface area contributed by atoms with Gasteiger partial charge in [0.25, 0.3) is 0 Å². The fourth-order valence-electron chi connectivity index (χ4n) is 4.35. The molecule has 1 aliphatic heterocycles. The van der Waals surface area contributed by atoms with Gasteiger partial charge in [-0.2, -0.15) is 4.31 Å². The van der Waals surface area contributed by atoms with Gasteiger partial charge >= 0.3 is 0 Å². The van der Waals surface area contributed by atoms with Crippen molar-refractivity contribution in [3.63, 3.8) is 0 Å². The summed E-state index contributed by atoms with van der Waals surface area (Å²) in [6.07, 6.45) is 1.08. The number of sulfonamides is 1. The van der Waals surface area contributed by atoms with Crippen molar-refractivity contribution in [3.05, 3.63) is 58.1 Å². The maximum absolute atomic E-state index is 13.5. The van der Waals surface area contributed by atoms with E-state index >= 15 is 0 Å². The molecule has 3 rings (SSSR count). The number of carbonyl (C=O) groups is 2. The van der Waals surface area contributed by atoms with Crippen LogP contribution in [0.5, 0.6) is 0 Å². The van der Waals surface area contributed by atoms with E-state index in [2.05, 4.69) is 10.6 Å². The molecular formula is C25H33N3O4S. The van der Waals surface area contributed by atoms with E-state index in [9.17, 15) is 18.0 Å². The Kier molecular flexibility index (Phi) is 7.59. The number of carbonyl (C=O) groups excluding carboxylic acids is 2. The van der Waals surface area contributed by atoms with Crippen LogP contribution in [-0.4, -0.2) is 44.7 Å². The number of hydrogen-bond donors (Lipinski definition) is 2. The van der Waals surface area contributed by atoms with Crippen molar-refractivity contribution in [3.8, 4) is 0 Å². The molecule has 1 aliphatic rings. The van der Waals surface area contributed by atoms with Crippen molar-refractivity contribution in [1.82, 2.24) is 9.62 Å². The molecule has 2 N–H and O–H groups in total. The number of nitrogens with zero attached hydrogens (tertiary/aromatic N) is 1. The Hall–Kier alpha value is -2.71. The lowest BCUT2D eigenvalue weighted by atomic mass is 9.97. The lowest BCUT2D eigenvalue weighted by Crippen LogP contribution is -2.42. The SMILES string of the molecule is CNC(=O)Cc1ccccc1NC(=O)C1CCN(S(=O)(=O)c2c(C)c(C)cc(C)c2C)CC1. The fraction of sp³-hybridized carbons (Fsp3) is 0.440. The number of benzene rings is 2. The van der Waals surface area contributed by atoms with Crippen LogP contribution in [0.4, 0.5) is 5.69 Å². The van der Waals surface area contributed by atoms with Crippen molar-refractivity contribution in [2.45, 2.75) is 51.9 Å². The molecule has 2 amide bonds. The van der Waals surface area contributed by atoms with E-state index in [1.54, 1.807) is 13.1 Å². The number of hydrogen-bond acceptors (Lipinski definition) is 4. The van der Waals surface area contributed by atoms with Crippen LogP contribution in [0.2, 0.25) is 0 Å². The monoisotopic (exact) mass is 471 g/mol. The van der Waals surface area contributed by atoms with Gasteiger partial charge in [0.1, 0.15) is 0 Å². The molecule has 178 valence electrons. The molecule has 7 nitrogen and oxygen atoms in total. The summed E-state index contributed by atoms with van der Waals surface area (Å²) in [6, 6.07) is 9.25. The van der Waals surface area contributed by atoms with E-state index < -0.39 is 10.0 Å². The van der Waals surface area contributed by atoms with Crippen LogP contribution in [-0.2, 0) is 26.0 Å². The number of piperidine rings is 1. The molecule has 0 bridgehead atoms. The third kappa shape index (κ3) is 5.28. The maximum atomic E-state index is 13.5. The Morgan fingerprint density at radius 2 is 1.58 bits per heavy atom. The quantitative estimate of drug-likeness (QED) is 0.676. The third-order valence-corrected chi connectivity index (χ3v) is 8.80. The van der Waals surface area contributed by atoms with Gasteiger partial charge < -0.3 is 10.6 Å². The van der Waals surface area contributed by atoms with Crippen LogP contribution in [0.1, 0.15) is 40.7 Å². The standard InChI is InChI=1S/C25H33N3O4S/c1-16-14-17(2)19(4)24(18(16)3)33(31,32)28-12-10-20(11-13-28)25(30)27-22-9-7-6-8-21(22)15-23(29)26-5/h6-9,14,20H,10-13,15H2,1-5H3,(H,26,29)(H,27,30). The van der Waals surface area contributed by atoms with Gasteiger partial charge in [0.2, 0.25) is 21.8 Å². The van der Waals surface area contributed by atoms with Gasteiger partial charge in [-0.15, -0.1) is 0 Å². The van der Waals surface area contributed by atoms with Crippen LogP contribution < -0.4 is 10.6 Å². The zero-order valence-electron chi connectivity index (χ0n) is 20.0. The molecule has 33 heavy (non-hydrogen) atoms. The van der Waals surface area contributed by atoms with Gasteiger partial charge in [-0.1, -0.05) is 24.3 Å². The summed E-state index contributed by atoms with van der Waals surface area (Å²) in [5.74, 6) is -0.562. The third-order valence-electron chi connectivity index (χ3n) is 6.62. The summed E-state index contributed by atoms with van der Waals surface area (Å²) in [5.41, 5.74) is 4.84. The van der Waals surface area contributed by atoms with Crippen LogP contribution >= 0.6 is 0 Å². The van der Waals surface area contributed by atoms with Gasteiger partial charge in [0.15, 0.2) is 0 Å². The highest BCUT2D eigenvalue weighted by molar-refractivity contribution is 7.89. The highest BCUT2D eigenvalue weighted by atomic mass is 32.2. The molecule has 0 unspecified atom stereocenters. The van der Waals surface area contributed by atoms with Crippen LogP contribution in [0.3, 0.4) is 0 Å². The second-order valence-corrected chi connectivity index (χ2v) is 10.6. The van der Waals surface area contributed by atoms with E-state index in [1.807, 2.05) is 52.0 Å². The average Bonchev–Trinajstić information content (AvgIpc) is 2.79. The fourth-order valence-corrected chi connectivity index (χ4v) is 6.39. The summed E-state index contributed by atoms with van der Waals surface area (Å²) in [4.78, 5) is 25.1. The molecule has 2 aromatic rings.